The van der Waals surface area contributed by atoms with Crippen molar-refractivity contribution < 1.29 is 13.7 Å². The fourth-order valence-corrected chi connectivity index (χ4v) is 5.41. The van der Waals surface area contributed by atoms with Gasteiger partial charge in [0.15, 0.2) is 0 Å². The number of hydrogen-bond acceptors (Lipinski definition) is 6. The number of ether oxygens (including phenoxy) is 1. The van der Waals surface area contributed by atoms with Crippen molar-refractivity contribution in [2.75, 3.05) is 30.9 Å². The van der Waals surface area contributed by atoms with Crippen LogP contribution in [0.25, 0.3) is 22.3 Å². The fourth-order valence-electron chi connectivity index (χ4n) is 3.99. The maximum atomic E-state index is 13.4. The van der Waals surface area contributed by atoms with Crippen LogP contribution in [0.15, 0.2) is 64.1 Å². The minimum absolute atomic E-state index is 0.135. The van der Waals surface area contributed by atoms with Crippen LogP contribution in [0.3, 0.4) is 0 Å². The highest BCUT2D eigenvalue weighted by atomic mass is 32.3. The van der Waals surface area contributed by atoms with E-state index in [9.17, 15) is 8.94 Å². The monoisotopic (exact) mass is 468 g/mol. The van der Waals surface area contributed by atoms with Gasteiger partial charge in [-0.15, -0.1) is 0 Å². The maximum Gasteiger partial charge on any atom is 0.131 e. The smallest absolute Gasteiger partial charge is 0.131 e. The number of thiol groups is 1. The molecule has 2 N–H and O–H groups in total. The van der Waals surface area contributed by atoms with E-state index in [-0.39, 0.29) is 11.9 Å². The van der Waals surface area contributed by atoms with Crippen molar-refractivity contribution >= 4 is 32.5 Å². The van der Waals surface area contributed by atoms with Gasteiger partial charge in [-0.05, 0) is 49.6 Å². The average Bonchev–Trinajstić information content (AvgIpc) is 3.34. The van der Waals surface area contributed by atoms with E-state index in [0.717, 1.165) is 16.9 Å². The third kappa shape index (κ3) is 4.24. The highest BCUT2D eigenvalue weighted by molar-refractivity contribution is 7.99. The first-order valence-corrected chi connectivity index (χ1v) is 12.8. The molecule has 33 heavy (non-hydrogen) atoms. The summed E-state index contributed by atoms with van der Waals surface area (Å²) in [7, 11) is -2.94. The van der Waals surface area contributed by atoms with Gasteiger partial charge in [0.1, 0.15) is 22.8 Å². The van der Waals surface area contributed by atoms with E-state index >= 15 is 0 Å². The van der Waals surface area contributed by atoms with Crippen LogP contribution in [0.4, 0.5) is 15.9 Å². The average molecular weight is 469 g/mol. The summed E-state index contributed by atoms with van der Waals surface area (Å²) in [4.78, 5) is 12.3. The summed E-state index contributed by atoms with van der Waals surface area (Å²) in [6.45, 7) is 4.00. The lowest BCUT2D eigenvalue weighted by Crippen LogP contribution is -2.44. The molecule has 0 spiro atoms. The number of morpholine rings is 1. The standard InChI is InChI=1S/C23H25FN6O2S/c1-15-14-32-12-11-30(15)21-13-20(29-33(2,31)17-5-3-16(24)4-6-17)18-7-9-25-23(22(18)27-21)19-8-10-26-28-19/h3-10,13,15,33H,11-12,14H2,1-2H3,(H,26,28)(H,27,29,31)/t15-/m1/s1. The summed E-state index contributed by atoms with van der Waals surface area (Å²) in [6.07, 6.45) is 5.06. The van der Waals surface area contributed by atoms with E-state index in [2.05, 4.69) is 27.0 Å². The Morgan fingerprint density at radius 3 is 2.76 bits per heavy atom. The zero-order valence-corrected chi connectivity index (χ0v) is 19.2. The Kier molecular flexibility index (Phi) is 5.65. The van der Waals surface area contributed by atoms with Crippen molar-refractivity contribution in [2.24, 2.45) is 4.36 Å². The molecule has 0 unspecified atom stereocenters. The number of anilines is 1. The van der Waals surface area contributed by atoms with Crippen LogP contribution in [-0.4, -0.2) is 56.8 Å². The molecule has 5 rings (SSSR count). The largest absolute Gasteiger partial charge is 0.377 e. The zero-order chi connectivity index (χ0) is 23.0. The molecule has 8 nitrogen and oxygen atoms in total. The number of H-pyrrole nitrogens is 1. The van der Waals surface area contributed by atoms with Crippen LogP contribution < -0.4 is 4.90 Å². The van der Waals surface area contributed by atoms with Crippen LogP contribution in [0.1, 0.15) is 6.92 Å². The number of rotatable bonds is 4. The Morgan fingerprint density at radius 1 is 1.21 bits per heavy atom. The molecule has 4 heterocycles. The van der Waals surface area contributed by atoms with Crippen molar-refractivity contribution in [2.45, 2.75) is 17.9 Å². The third-order valence-corrected chi connectivity index (χ3v) is 7.61. The molecule has 3 aromatic heterocycles. The third-order valence-electron chi connectivity index (χ3n) is 5.73. The normalized spacial score (nSPS) is 17.3. The van der Waals surface area contributed by atoms with Gasteiger partial charge < -0.3 is 14.2 Å². The molecule has 1 aliphatic rings. The Labute approximate surface area is 191 Å². The zero-order valence-electron chi connectivity index (χ0n) is 18.3. The molecule has 1 atom stereocenters. The number of fused-ring (bicyclic) bond motifs is 1. The molecule has 1 aromatic carbocycles. The lowest BCUT2D eigenvalue weighted by molar-refractivity contribution is 0.0986. The van der Waals surface area contributed by atoms with Crippen LogP contribution in [0.2, 0.25) is 0 Å². The second-order valence-electron chi connectivity index (χ2n) is 8.13. The molecule has 1 fully saturated rings. The van der Waals surface area contributed by atoms with E-state index in [4.69, 9.17) is 14.1 Å². The number of benzene rings is 1. The Balaban J connectivity index is 1.75. The van der Waals surface area contributed by atoms with Crippen LogP contribution in [-0.2, 0) is 14.8 Å². The summed E-state index contributed by atoms with van der Waals surface area (Å²) in [6, 6.07) is 11.6. The van der Waals surface area contributed by atoms with E-state index in [0.29, 0.717) is 41.6 Å². The van der Waals surface area contributed by atoms with Gasteiger partial charge in [0, 0.05) is 35.3 Å². The number of nitrogens with one attached hydrogen (secondary N) is 1. The Morgan fingerprint density at radius 2 is 2.03 bits per heavy atom. The van der Waals surface area contributed by atoms with Crippen LogP contribution >= 0.6 is 0 Å². The summed E-state index contributed by atoms with van der Waals surface area (Å²) in [5.41, 5.74) is 2.67. The molecule has 0 radical (unpaired) electrons. The van der Waals surface area contributed by atoms with Crippen molar-refractivity contribution in [1.82, 2.24) is 20.2 Å². The number of pyridine rings is 2. The lowest BCUT2D eigenvalue weighted by atomic mass is 10.1. The molecule has 1 saturated heterocycles. The predicted molar refractivity (Wildman–Crippen MR) is 129 cm³/mol. The molecule has 10 heteroatoms. The van der Waals surface area contributed by atoms with E-state index < -0.39 is 10.1 Å². The number of hydrogen-bond donors (Lipinski definition) is 3. The molecular weight excluding hydrogens is 443 g/mol. The highest BCUT2D eigenvalue weighted by Gasteiger charge is 2.23. The molecule has 0 amide bonds. The van der Waals surface area contributed by atoms with Gasteiger partial charge in [-0.1, -0.05) is 10.1 Å². The first-order chi connectivity index (χ1) is 15.9. The van der Waals surface area contributed by atoms with Crippen molar-refractivity contribution in [1.29, 1.82) is 0 Å². The van der Waals surface area contributed by atoms with Gasteiger partial charge in [-0.2, -0.15) is 5.10 Å². The van der Waals surface area contributed by atoms with E-state index in [1.807, 2.05) is 18.2 Å². The minimum Gasteiger partial charge on any atom is -0.377 e. The Bertz CT molecular complexity index is 1340. The second kappa shape index (κ2) is 8.62. The van der Waals surface area contributed by atoms with Gasteiger partial charge >= 0.3 is 0 Å². The van der Waals surface area contributed by atoms with Crippen molar-refractivity contribution in [3.05, 3.63) is 60.7 Å². The molecule has 0 saturated carbocycles. The summed E-state index contributed by atoms with van der Waals surface area (Å²) in [5.74, 6) is 0.386. The number of halogens is 1. The maximum absolute atomic E-state index is 13.4. The van der Waals surface area contributed by atoms with Gasteiger partial charge in [-0.3, -0.25) is 10.1 Å². The summed E-state index contributed by atoms with van der Waals surface area (Å²) >= 11 is 0. The number of aromatic amines is 1. The molecule has 1 aliphatic heterocycles. The van der Waals surface area contributed by atoms with Crippen LogP contribution in [0.5, 0.6) is 0 Å². The molecule has 0 bridgehead atoms. The predicted octanol–water partition coefficient (Wildman–Crippen LogP) is 4.25. The highest BCUT2D eigenvalue weighted by Crippen LogP contribution is 2.36. The second-order valence-corrected chi connectivity index (χ2v) is 10.7. The molecular formula is C23H25FN6O2S. The number of nitrogens with zero attached hydrogens (tertiary/aromatic N) is 5. The quantitative estimate of drug-likeness (QED) is 0.387. The van der Waals surface area contributed by atoms with Gasteiger partial charge in [0.25, 0.3) is 0 Å². The molecule has 172 valence electrons. The van der Waals surface area contributed by atoms with Gasteiger partial charge in [0.05, 0.1) is 30.6 Å². The van der Waals surface area contributed by atoms with Crippen molar-refractivity contribution in [3.8, 4) is 11.4 Å². The van der Waals surface area contributed by atoms with E-state index in [1.165, 1.54) is 12.1 Å². The van der Waals surface area contributed by atoms with Gasteiger partial charge in [-0.25, -0.2) is 13.7 Å². The molecule has 0 aliphatic carbocycles. The van der Waals surface area contributed by atoms with E-state index in [1.54, 1.807) is 30.8 Å². The first-order valence-electron chi connectivity index (χ1n) is 10.6. The van der Waals surface area contributed by atoms with Gasteiger partial charge in [0.2, 0.25) is 0 Å². The summed E-state index contributed by atoms with van der Waals surface area (Å²) in [5, 5.41) is 7.77. The van der Waals surface area contributed by atoms with Crippen LogP contribution in [0, 0.1) is 5.82 Å². The minimum atomic E-state index is -2.94. The molecule has 4 aromatic rings. The Hall–Kier alpha value is -3.21. The van der Waals surface area contributed by atoms with Crippen molar-refractivity contribution in [3.63, 3.8) is 0 Å². The topological polar surface area (TPSA) is 99.5 Å². The lowest BCUT2D eigenvalue weighted by Gasteiger charge is -2.34. The fraction of sp³-hybridized carbons (Fsp3) is 0.261. The SMILES string of the molecule is C[C@@H]1COCCN1c1cc(N=[SH](C)(O)c2ccc(F)cc2)c2ccnc(-c3ccn[nH]3)c2n1. The first kappa shape index (κ1) is 21.6. The number of aromatic nitrogens is 4. The summed E-state index contributed by atoms with van der Waals surface area (Å²) < 4.78 is 35.2.